The second-order valence-corrected chi connectivity index (χ2v) is 10.2. The van der Waals surface area contributed by atoms with Gasteiger partial charge in [0.05, 0.1) is 10.5 Å². The monoisotopic (exact) mass is 567 g/mol. The largest absolute Gasteiger partial charge is 0.456 e. The molecule has 0 bridgehead atoms. The Morgan fingerprint density at radius 1 is 0.800 bits per heavy atom. The molecule has 1 heterocycles. The van der Waals surface area contributed by atoms with E-state index in [1.54, 1.807) is 6.92 Å². The molecule has 2 rings (SSSR count). The SMILES string of the molecule is CCCCO[C@H]1O[C@H]([C@H](C)OC(=O)c2ccc([N+](=O)[O-])cc2)[C@@H](OCCCC)[C@H](OCCCC)[C@@H]1OCCCC. The lowest BCUT2D eigenvalue weighted by Crippen LogP contribution is -2.63. The molecule has 1 aliphatic rings. The van der Waals surface area contributed by atoms with Crippen LogP contribution in [0.2, 0.25) is 0 Å². The Balaban J connectivity index is 2.34. The molecular formula is C30H49NO9. The molecule has 6 atom stereocenters. The molecule has 10 heteroatoms. The number of carbonyl (C=O) groups excluding carboxylic acids is 1. The Morgan fingerprint density at radius 3 is 1.77 bits per heavy atom. The van der Waals surface area contributed by atoms with Crippen LogP contribution in [0, 0.1) is 10.1 Å². The number of nitro benzene ring substituents is 1. The number of unbranched alkanes of at least 4 members (excludes halogenated alkanes) is 4. The van der Waals surface area contributed by atoms with E-state index in [2.05, 4.69) is 27.7 Å². The molecule has 0 aromatic heterocycles. The Kier molecular flexibility index (Phi) is 16.3. The van der Waals surface area contributed by atoms with Gasteiger partial charge in [0, 0.05) is 38.6 Å². The summed E-state index contributed by atoms with van der Waals surface area (Å²) in [5.74, 6) is -0.605. The standard InChI is InChI=1S/C30H49NO9/c1-6-10-18-35-26-25(22(5)39-29(32)23-14-16-24(17-15-23)31(33)34)40-30(38-21-13-9-4)28(37-20-12-8-3)27(26)36-19-11-7-2/h14-17,22,25-28,30H,6-13,18-21H2,1-5H3/t22-,25+,26+,27-,28-,30-/m0/s1. The molecule has 1 fully saturated rings. The quantitative estimate of drug-likeness (QED) is 0.0781. The average Bonchev–Trinajstić information content (AvgIpc) is 2.95. The maximum absolute atomic E-state index is 13.0. The van der Waals surface area contributed by atoms with Crippen LogP contribution in [0.5, 0.6) is 0 Å². The summed E-state index contributed by atoms with van der Waals surface area (Å²) in [4.78, 5) is 23.5. The Morgan fingerprint density at radius 2 is 1.27 bits per heavy atom. The fraction of sp³-hybridized carbons (Fsp3) is 0.767. The summed E-state index contributed by atoms with van der Waals surface area (Å²) in [5.41, 5.74) is 0.113. The first-order chi connectivity index (χ1) is 19.4. The molecule has 228 valence electrons. The van der Waals surface area contributed by atoms with Gasteiger partial charge < -0.3 is 28.4 Å². The van der Waals surface area contributed by atoms with E-state index < -0.39 is 47.7 Å². The van der Waals surface area contributed by atoms with E-state index in [9.17, 15) is 14.9 Å². The highest BCUT2D eigenvalue weighted by molar-refractivity contribution is 5.89. The van der Waals surface area contributed by atoms with Crippen molar-refractivity contribution in [1.82, 2.24) is 0 Å². The van der Waals surface area contributed by atoms with Gasteiger partial charge >= 0.3 is 5.97 Å². The first-order valence-corrected chi connectivity index (χ1v) is 14.9. The number of carbonyl (C=O) groups is 1. The first kappa shape index (κ1) is 34.1. The Bertz CT molecular complexity index is 850. The van der Waals surface area contributed by atoms with Gasteiger partial charge in [0.15, 0.2) is 6.29 Å². The molecule has 40 heavy (non-hydrogen) atoms. The fourth-order valence-corrected chi connectivity index (χ4v) is 4.36. The molecule has 0 saturated carbocycles. The highest BCUT2D eigenvalue weighted by atomic mass is 16.7. The molecule has 0 unspecified atom stereocenters. The Hall–Kier alpha value is -2.11. The molecule has 1 aromatic rings. The summed E-state index contributed by atoms with van der Waals surface area (Å²) in [7, 11) is 0. The van der Waals surface area contributed by atoms with E-state index in [4.69, 9.17) is 28.4 Å². The van der Waals surface area contributed by atoms with E-state index in [1.807, 2.05) is 0 Å². The van der Waals surface area contributed by atoms with Crippen molar-refractivity contribution in [3.8, 4) is 0 Å². The lowest BCUT2D eigenvalue weighted by Gasteiger charge is -2.47. The van der Waals surface area contributed by atoms with Gasteiger partial charge in [-0.1, -0.05) is 53.4 Å². The van der Waals surface area contributed by atoms with Crippen LogP contribution >= 0.6 is 0 Å². The van der Waals surface area contributed by atoms with Crippen molar-refractivity contribution in [3.63, 3.8) is 0 Å². The van der Waals surface area contributed by atoms with Crippen molar-refractivity contribution in [2.24, 2.45) is 0 Å². The summed E-state index contributed by atoms with van der Waals surface area (Å²) in [6, 6.07) is 5.33. The third kappa shape index (κ3) is 10.7. The second-order valence-electron chi connectivity index (χ2n) is 10.2. The maximum Gasteiger partial charge on any atom is 0.338 e. The third-order valence-electron chi connectivity index (χ3n) is 6.80. The zero-order valence-electron chi connectivity index (χ0n) is 24.9. The van der Waals surface area contributed by atoms with Crippen LogP contribution in [0.15, 0.2) is 24.3 Å². The minimum Gasteiger partial charge on any atom is -0.456 e. The van der Waals surface area contributed by atoms with Crippen molar-refractivity contribution in [2.45, 2.75) is 123 Å². The highest BCUT2D eigenvalue weighted by Crippen LogP contribution is 2.32. The third-order valence-corrected chi connectivity index (χ3v) is 6.80. The van der Waals surface area contributed by atoms with E-state index in [-0.39, 0.29) is 11.3 Å². The number of non-ortho nitro benzene ring substituents is 1. The van der Waals surface area contributed by atoms with Crippen molar-refractivity contribution in [2.75, 3.05) is 26.4 Å². The lowest BCUT2D eigenvalue weighted by molar-refractivity contribution is -0.384. The van der Waals surface area contributed by atoms with Crippen molar-refractivity contribution in [3.05, 3.63) is 39.9 Å². The van der Waals surface area contributed by atoms with E-state index in [1.165, 1.54) is 24.3 Å². The molecule has 0 N–H and O–H groups in total. The molecule has 10 nitrogen and oxygen atoms in total. The molecule has 0 spiro atoms. The van der Waals surface area contributed by atoms with Gasteiger partial charge in [0.2, 0.25) is 0 Å². The minimum absolute atomic E-state index is 0.0992. The highest BCUT2D eigenvalue weighted by Gasteiger charge is 2.51. The van der Waals surface area contributed by atoms with Crippen molar-refractivity contribution >= 4 is 11.7 Å². The second kappa shape index (κ2) is 19.1. The van der Waals surface area contributed by atoms with Crippen LogP contribution in [0.1, 0.15) is 96.3 Å². The number of rotatable bonds is 20. The number of esters is 1. The van der Waals surface area contributed by atoms with Gasteiger partial charge in [0.1, 0.15) is 30.5 Å². The molecular weight excluding hydrogens is 518 g/mol. The summed E-state index contributed by atoms with van der Waals surface area (Å²) in [6.07, 6.45) is 3.77. The minimum atomic E-state index is -0.722. The summed E-state index contributed by atoms with van der Waals surface area (Å²) in [6.45, 7) is 12.2. The van der Waals surface area contributed by atoms with Gasteiger partial charge in [-0.25, -0.2) is 4.79 Å². The molecule has 0 amide bonds. The molecule has 0 aliphatic carbocycles. The van der Waals surface area contributed by atoms with E-state index >= 15 is 0 Å². The number of ether oxygens (including phenoxy) is 6. The first-order valence-electron chi connectivity index (χ1n) is 14.9. The number of benzene rings is 1. The number of hydrogen-bond donors (Lipinski definition) is 0. The molecule has 1 aromatic carbocycles. The maximum atomic E-state index is 13.0. The van der Waals surface area contributed by atoms with Crippen LogP contribution in [-0.4, -0.2) is 74.1 Å². The zero-order chi connectivity index (χ0) is 29.3. The number of nitro groups is 1. The molecule has 1 saturated heterocycles. The van der Waals surface area contributed by atoms with E-state index in [0.717, 1.165) is 51.4 Å². The molecule has 0 radical (unpaired) electrons. The van der Waals surface area contributed by atoms with Gasteiger partial charge in [-0.2, -0.15) is 0 Å². The fourth-order valence-electron chi connectivity index (χ4n) is 4.36. The zero-order valence-corrected chi connectivity index (χ0v) is 24.9. The van der Waals surface area contributed by atoms with Gasteiger partial charge in [-0.15, -0.1) is 0 Å². The predicted molar refractivity (Wildman–Crippen MR) is 151 cm³/mol. The number of hydrogen-bond acceptors (Lipinski definition) is 9. The van der Waals surface area contributed by atoms with Crippen LogP contribution < -0.4 is 0 Å². The van der Waals surface area contributed by atoms with Crippen LogP contribution in [-0.2, 0) is 28.4 Å². The van der Waals surface area contributed by atoms with Crippen LogP contribution in [0.4, 0.5) is 5.69 Å². The molecule has 1 aliphatic heterocycles. The topological polar surface area (TPSA) is 116 Å². The van der Waals surface area contributed by atoms with Crippen molar-refractivity contribution in [1.29, 1.82) is 0 Å². The number of nitrogens with zero attached hydrogens (tertiary/aromatic N) is 1. The van der Waals surface area contributed by atoms with Crippen LogP contribution in [0.25, 0.3) is 0 Å². The van der Waals surface area contributed by atoms with Crippen molar-refractivity contribution < 1.29 is 38.1 Å². The lowest BCUT2D eigenvalue weighted by atomic mass is 9.94. The predicted octanol–water partition coefficient (Wildman–Crippen LogP) is 6.24. The summed E-state index contributed by atoms with van der Waals surface area (Å²) < 4.78 is 37.7. The van der Waals surface area contributed by atoms with Gasteiger partial charge in [-0.3, -0.25) is 10.1 Å². The average molecular weight is 568 g/mol. The van der Waals surface area contributed by atoms with Gasteiger partial charge in [0.25, 0.3) is 5.69 Å². The summed E-state index contributed by atoms with van der Waals surface area (Å²) >= 11 is 0. The van der Waals surface area contributed by atoms with E-state index in [0.29, 0.717) is 26.4 Å². The summed E-state index contributed by atoms with van der Waals surface area (Å²) in [5, 5.41) is 11.0. The Labute approximate surface area is 239 Å². The van der Waals surface area contributed by atoms with Gasteiger partial charge in [-0.05, 0) is 44.7 Å². The van der Waals surface area contributed by atoms with Crippen LogP contribution in [0.3, 0.4) is 0 Å². The normalized spacial score (nSPS) is 23.6. The smallest absolute Gasteiger partial charge is 0.338 e.